The lowest BCUT2D eigenvalue weighted by Gasteiger charge is -2.07. The Morgan fingerprint density at radius 3 is 2.35 bits per heavy atom. The fourth-order valence-corrected chi connectivity index (χ4v) is 4.13. The summed E-state index contributed by atoms with van der Waals surface area (Å²) in [5, 5.41) is 3.82. The number of hydrogen-bond acceptors (Lipinski definition) is 8. The number of sulfone groups is 1. The highest BCUT2D eigenvalue weighted by Crippen LogP contribution is 2.17. The minimum Gasteiger partial charge on any atom is -0.313 e. The topological polar surface area (TPSA) is 127 Å². The number of pyridine rings is 1. The van der Waals surface area contributed by atoms with Gasteiger partial charge in [-0.3, -0.25) is 15.2 Å². The zero-order valence-electron chi connectivity index (χ0n) is 16.1. The van der Waals surface area contributed by atoms with Gasteiger partial charge in [0, 0.05) is 23.5 Å². The Hall–Kier alpha value is -4.05. The molecular formula is C21H17N5O4S. The average Bonchev–Trinajstić information content (AvgIpc) is 3.28. The van der Waals surface area contributed by atoms with Gasteiger partial charge in [0.15, 0.2) is 9.84 Å². The van der Waals surface area contributed by atoms with E-state index in [1.165, 1.54) is 0 Å². The SMILES string of the molecule is O=C(NNc1nc(-c2ccncc2)no1)c1ccc(CS(=O)(=O)c2ccccc2)cc1. The summed E-state index contributed by atoms with van der Waals surface area (Å²) >= 11 is 0. The first-order valence-corrected chi connectivity index (χ1v) is 10.8. The van der Waals surface area contributed by atoms with Crippen molar-refractivity contribution in [1.82, 2.24) is 20.6 Å². The van der Waals surface area contributed by atoms with Gasteiger partial charge in [0.05, 0.1) is 10.6 Å². The number of benzene rings is 2. The van der Waals surface area contributed by atoms with E-state index in [9.17, 15) is 13.2 Å². The van der Waals surface area contributed by atoms with Crippen molar-refractivity contribution in [2.24, 2.45) is 0 Å². The van der Waals surface area contributed by atoms with E-state index in [1.54, 1.807) is 79.1 Å². The molecule has 0 bridgehead atoms. The van der Waals surface area contributed by atoms with E-state index >= 15 is 0 Å². The number of nitrogens with zero attached hydrogens (tertiary/aromatic N) is 3. The average molecular weight is 435 g/mol. The van der Waals surface area contributed by atoms with Crippen LogP contribution in [0.2, 0.25) is 0 Å². The molecule has 2 heterocycles. The first kappa shape index (κ1) is 20.2. The Kier molecular flexibility index (Phi) is 5.72. The number of amides is 1. The summed E-state index contributed by atoms with van der Waals surface area (Å²) in [6, 6.07) is 18.0. The highest BCUT2D eigenvalue weighted by atomic mass is 32.2. The van der Waals surface area contributed by atoms with Crippen molar-refractivity contribution >= 4 is 21.8 Å². The van der Waals surface area contributed by atoms with Crippen molar-refractivity contribution in [3.05, 3.63) is 90.3 Å². The van der Waals surface area contributed by atoms with Gasteiger partial charge >= 0.3 is 6.01 Å². The molecule has 2 N–H and O–H groups in total. The van der Waals surface area contributed by atoms with Gasteiger partial charge in [-0.15, -0.1) is 0 Å². The summed E-state index contributed by atoms with van der Waals surface area (Å²) in [7, 11) is -3.46. The Balaban J connectivity index is 1.36. The van der Waals surface area contributed by atoms with Crippen LogP contribution in [0, 0.1) is 0 Å². The van der Waals surface area contributed by atoms with Crippen LogP contribution in [0.25, 0.3) is 11.4 Å². The highest BCUT2D eigenvalue weighted by Gasteiger charge is 2.15. The summed E-state index contributed by atoms with van der Waals surface area (Å²) in [5.74, 6) is -0.249. The molecule has 0 aliphatic rings. The third-order valence-electron chi connectivity index (χ3n) is 4.32. The van der Waals surface area contributed by atoms with Gasteiger partial charge in [0.25, 0.3) is 5.91 Å². The molecule has 2 aromatic heterocycles. The van der Waals surface area contributed by atoms with E-state index in [0.717, 1.165) is 5.56 Å². The third-order valence-corrected chi connectivity index (χ3v) is 6.03. The quantitative estimate of drug-likeness (QED) is 0.424. The number of aromatic nitrogens is 3. The normalized spacial score (nSPS) is 11.1. The van der Waals surface area contributed by atoms with Gasteiger partial charge in [-0.1, -0.05) is 35.5 Å². The van der Waals surface area contributed by atoms with E-state index in [2.05, 4.69) is 26.0 Å². The van der Waals surface area contributed by atoms with Gasteiger partial charge < -0.3 is 4.52 Å². The largest absolute Gasteiger partial charge is 0.340 e. The number of hydrogen-bond donors (Lipinski definition) is 2. The van der Waals surface area contributed by atoms with Crippen molar-refractivity contribution in [3.8, 4) is 11.4 Å². The smallest absolute Gasteiger partial charge is 0.313 e. The van der Waals surface area contributed by atoms with Crippen LogP contribution in [0.15, 0.2) is 88.5 Å². The summed E-state index contributed by atoms with van der Waals surface area (Å²) in [4.78, 5) is 20.6. The van der Waals surface area contributed by atoms with Crippen molar-refractivity contribution in [1.29, 1.82) is 0 Å². The minimum absolute atomic E-state index is 0.0192. The van der Waals surface area contributed by atoms with Crippen LogP contribution < -0.4 is 10.9 Å². The second-order valence-electron chi connectivity index (χ2n) is 6.51. The number of carbonyl (C=O) groups is 1. The number of anilines is 1. The Morgan fingerprint density at radius 2 is 1.65 bits per heavy atom. The van der Waals surface area contributed by atoms with E-state index in [0.29, 0.717) is 17.0 Å². The number of rotatable bonds is 7. The molecular weight excluding hydrogens is 418 g/mol. The third kappa shape index (κ3) is 4.93. The molecule has 0 fully saturated rings. The number of hydrazine groups is 1. The van der Waals surface area contributed by atoms with E-state index in [4.69, 9.17) is 4.52 Å². The molecule has 156 valence electrons. The fraction of sp³-hybridized carbons (Fsp3) is 0.0476. The number of carbonyl (C=O) groups excluding carboxylic acids is 1. The summed E-state index contributed by atoms with van der Waals surface area (Å²) in [6.07, 6.45) is 3.21. The lowest BCUT2D eigenvalue weighted by Crippen LogP contribution is -2.29. The molecule has 0 aliphatic carbocycles. The maximum absolute atomic E-state index is 12.5. The minimum atomic E-state index is -3.46. The van der Waals surface area contributed by atoms with Crippen LogP contribution in [0.1, 0.15) is 15.9 Å². The predicted octanol–water partition coefficient (Wildman–Crippen LogP) is 2.86. The first-order chi connectivity index (χ1) is 15.0. The molecule has 4 aromatic rings. The molecule has 1 amide bonds. The fourth-order valence-electron chi connectivity index (χ4n) is 2.76. The van der Waals surface area contributed by atoms with Crippen LogP contribution in [-0.2, 0) is 15.6 Å². The molecule has 0 saturated carbocycles. The monoisotopic (exact) mass is 435 g/mol. The lowest BCUT2D eigenvalue weighted by molar-refractivity contribution is 0.0961. The summed E-state index contributed by atoms with van der Waals surface area (Å²) in [6.45, 7) is 0. The summed E-state index contributed by atoms with van der Waals surface area (Å²) in [5.41, 5.74) is 6.65. The van der Waals surface area contributed by atoms with Gasteiger partial charge in [-0.2, -0.15) is 4.98 Å². The van der Waals surface area contributed by atoms with Crippen molar-refractivity contribution in [2.45, 2.75) is 10.6 Å². The molecule has 9 nitrogen and oxygen atoms in total. The Bertz CT molecular complexity index is 1270. The molecule has 0 aliphatic heterocycles. The molecule has 0 radical (unpaired) electrons. The molecule has 31 heavy (non-hydrogen) atoms. The highest BCUT2D eigenvalue weighted by molar-refractivity contribution is 7.90. The zero-order chi connectivity index (χ0) is 21.7. The predicted molar refractivity (Wildman–Crippen MR) is 112 cm³/mol. The zero-order valence-corrected chi connectivity index (χ0v) is 16.9. The van der Waals surface area contributed by atoms with Crippen LogP contribution in [0.5, 0.6) is 0 Å². The van der Waals surface area contributed by atoms with Crippen molar-refractivity contribution in [3.63, 3.8) is 0 Å². The van der Waals surface area contributed by atoms with Crippen molar-refractivity contribution in [2.75, 3.05) is 5.43 Å². The summed E-state index contributed by atoms with van der Waals surface area (Å²) < 4.78 is 30.0. The van der Waals surface area contributed by atoms with E-state index < -0.39 is 15.7 Å². The molecule has 0 unspecified atom stereocenters. The molecule has 0 atom stereocenters. The van der Waals surface area contributed by atoms with Crippen LogP contribution in [0.3, 0.4) is 0 Å². The van der Waals surface area contributed by atoms with Gasteiger partial charge in [-0.05, 0) is 42.0 Å². The van der Waals surface area contributed by atoms with Crippen LogP contribution in [0.4, 0.5) is 6.01 Å². The van der Waals surface area contributed by atoms with Crippen LogP contribution in [-0.4, -0.2) is 29.4 Å². The Morgan fingerprint density at radius 1 is 0.935 bits per heavy atom. The standard InChI is InChI=1S/C21H17N5O4S/c27-20(24-25-21-23-19(26-30-21)16-10-12-22-13-11-16)17-8-6-15(7-9-17)14-31(28,29)18-4-2-1-3-5-18/h1-13H,14H2,(H,24,27)(H,23,25,26). The maximum atomic E-state index is 12.5. The van der Waals surface area contributed by atoms with E-state index in [-0.39, 0.29) is 16.7 Å². The van der Waals surface area contributed by atoms with Crippen molar-refractivity contribution < 1.29 is 17.7 Å². The molecule has 4 rings (SSSR count). The van der Waals surface area contributed by atoms with Gasteiger partial charge in [0.1, 0.15) is 0 Å². The first-order valence-electron chi connectivity index (χ1n) is 9.18. The van der Waals surface area contributed by atoms with Gasteiger partial charge in [0.2, 0.25) is 5.82 Å². The Labute approximate surface area is 178 Å². The second kappa shape index (κ2) is 8.76. The maximum Gasteiger partial charge on any atom is 0.340 e. The lowest BCUT2D eigenvalue weighted by atomic mass is 10.1. The second-order valence-corrected chi connectivity index (χ2v) is 8.50. The van der Waals surface area contributed by atoms with E-state index in [1.807, 2.05) is 0 Å². The van der Waals surface area contributed by atoms with Gasteiger partial charge in [-0.25, -0.2) is 13.8 Å². The molecule has 0 spiro atoms. The molecule has 10 heteroatoms. The van der Waals surface area contributed by atoms with Crippen LogP contribution >= 0.6 is 0 Å². The molecule has 2 aromatic carbocycles. The molecule has 0 saturated heterocycles. The number of nitrogens with one attached hydrogen (secondary N) is 2.